The Bertz CT molecular complexity index is 755. The number of carbonyl (C=O) groups excluding carboxylic acids is 2. The van der Waals surface area contributed by atoms with Crippen molar-refractivity contribution in [3.8, 4) is 0 Å². The molecule has 5 atom stereocenters. The second-order valence-electron chi connectivity index (χ2n) is 10.6. The Balaban J connectivity index is 2.50. The minimum Gasteiger partial charge on any atom is -0.459 e. The lowest BCUT2D eigenvalue weighted by Crippen LogP contribution is -2.55. The van der Waals surface area contributed by atoms with Crippen molar-refractivity contribution in [2.24, 2.45) is 11.8 Å². The summed E-state index contributed by atoms with van der Waals surface area (Å²) in [5.41, 5.74) is 0.493. The number of nitrogens with zero attached hydrogens (tertiary/aromatic N) is 1. The molecule has 6 heteroatoms. The first kappa shape index (κ1) is 27.3. The van der Waals surface area contributed by atoms with E-state index in [1.807, 2.05) is 51.1 Å². The molecule has 1 saturated heterocycles. The van der Waals surface area contributed by atoms with Gasteiger partial charge >= 0.3 is 5.97 Å². The maximum Gasteiger partial charge on any atom is 0.323 e. The number of likely N-dealkylation sites (tertiary alicyclic amines) is 1. The van der Waals surface area contributed by atoms with E-state index in [0.29, 0.717) is 18.9 Å². The number of hydrogen-bond donors (Lipinski definition) is 2. The SMILES string of the molecule is CCC(CC)C[C@H](NC(C)=O)[C@H]1[C@H]([C@H](C)O)C[C@H](C(=O)OC(C)(C)C)N1Cc1ccccc1. The van der Waals surface area contributed by atoms with Crippen molar-refractivity contribution in [3.63, 3.8) is 0 Å². The van der Waals surface area contributed by atoms with Crippen molar-refractivity contribution in [3.05, 3.63) is 35.9 Å². The fourth-order valence-electron chi connectivity index (χ4n) is 5.14. The largest absolute Gasteiger partial charge is 0.459 e. The fourth-order valence-corrected chi connectivity index (χ4v) is 5.14. The summed E-state index contributed by atoms with van der Waals surface area (Å²) < 4.78 is 5.80. The van der Waals surface area contributed by atoms with Crippen LogP contribution in [0.5, 0.6) is 0 Å². The number of amides is 1. The first-order chi connectivity index (χ1) is 15.5. The van der Waals surface area contributed by atoms with Gasteiger partial charge in [-0.25, -0.2) is 0 Å². The van der Waals surface area contributed by atoms with Crippen molar-refractivity contribution in [2.75, 3.05) is 0 Å². The van der Waals surface area contributed by atoms with Gasteiger partial charge in [0.2, 0.25) is 5.91 Å². The Morgan fingerprint density at radius 3 is 2.27 bits per heavy atom. The summed E-state index contributed by atoms with van der Waals surface area (Å²) in [6.07, 6.45) is 2.74. The third-order valence-corrected chi connectivity index (χ3v) is 6.77. The second kappa shape index (κ2) is 12.0. The van der Waals surface area contributed by atoms with Gasteiger partial charge in [-0.2, -0.15) is 0 Å². The van der Waals surface area contributed by atoms with E-state index >= 15 is 0 Å². The quantitative estimate of drug-likeness (QED) is 0.509. The van der Waals surface area contributed by atoms with Gasteiger partial charge in [-0.1, -0.05) is 57.0 Å². The van der Waals surface area contributed by atoms with Gasteiger partial charge in [0.25, 0.3) is 0 Å². The van der Waals surface area contributed by atoms with Gasteiger partial charge in [0, 0.05) is 31.5 Å². The molecule has 0 unspecified atom stereocenters. The number of esters is 1. The molecule has 2 rings (SSSR count). The van der Waals surface area contributed by atoms with Crippen molar-refractivity contribution < 1.29 is 19.4 Å². The molecule has 0 spiro atoms. The van der Waals surface area contributed by atoms with Gasteiger partial charge in [-0.05, 0) is 52.0 Å². The van der Waals surface area contributed by atoms with Crippen LogP contribution in [0.4, 0.5) is 0 Å². The molecule has 1 aromatic rings. The maximum absolute atomic E-state index is 13.3. The predicted octanol–water partition coefficient (Wildman–Crippen LogP) is 4.30. The average molecular weight is 461 g/mol. The Labute approximate surface area is 200 Å². The molecule has 1 fully saturated rings. The molecule has 0 aliphatic carbocycles. The zero-order chi connectivity index (χ0) is 24.8. The highest BCUT2D eigenvalue weighted by atomic mass is 16.6. The zero-order valence-electron chi connectivity index (χ0n) is 21.5. The summed E-state index contributed by atoms with van der Waals surface area (Å²) in [7, 11) is 0. The second-order valence-corrected chi connectivity index (χ2v) is 10.6. The number of rotatable bonds is 10. The number of nitrogens with one attached hydrogen (secondary N) is 1. The first-order valence-electron chi connectivity index (χ1n) is 12.4. The lowest BCUT2D eigenvalue weighted by atomic mass is 9.83. The van der Waals surface area contributed by atoms with Crippen LogP contribution in [-0.4, -0.2) is 51.7 Å². The highest BCUT2D eigenvalue weighted by molar-refractivity contribution is 5.77. The van der Waals surface area contributed by atoms with Crippen LogP contribution in [0, 0.1) is 11.8 Å². The van der Waals surface area contributed by atoms with Crippen molar-refractivity contribution >= 4 is 11.9 Å². The van der Waals surface area contributed by atoms with Crippen LogP contribution in [0.25, 0.3) is 0 Å². The van der Waals surface area contributed by atoms with Crippen LogP contribution >= 0.6 is 0 Å². The predicted molar refractivity (Wildman–Crippen MR) is 131 cm³/mol. The minimum atomic E-state index is -0.612. The average Bonchev–Trinajstić information content (AvgIpc) is 3.10. The summed E-state index contributed by atoms with van der Waals surface area (Å²) in [5.74, 6) is -0.0561. The van der Waals surface area contributed by atoms with Gasteiger partial charge in [0.05, 0.1) is 6.10 Å². The van der Waals surface area contributed by atoms with E-state index < -0.39 is 17.7 Å². The molecule has 0 saturated carbocycles. The first-order valence-corrected chi connectivity index (χ1v) is 12.4. The Morgan fingerprint density at radius 2 is 1.79 bits per heavy atom. The zero-order valence-corrected chi connectivity index (χ0v) is 21.5. The van der Waals surface area contributed by atoms with Crippen LogP contribution in [0.1, 0.15) is 79.7 Å². The molecule has 1 aliphatic rings. The van der Waals surface area contributed by atoms with Crippen molar-refractivity contribution in [1.82, 2.24) is 10.2 Å². The van der Waals surface area contributed by atoms with Crippen LogP contribution < -0.4 is 5.32 Å². The van der Waals surface area contributed by atoms with Crippen LogP contribution in [0.3, 0.4) is 0 Å². The van der Waals surface area contributed by atoms with E-state index in [2.05, 4.69) is 24.1 Å². The van der Waals surface area contributed by atoms with Gasteiger partial charge in [-0.3, -0.25) is 14.5 Å². The van der Waals surface area contributed by atoms with E-state index in [0.717, 1.165) is 24.8 Å². The summed E-state index contributed by atoms with van der Waals surface area (Å²) in [4.78, 5) is 27.7. The molecule has 186 valence electrons. The molecule has 1 aliphatic heterocycles. The number of benzene rings is 1. The molecular weight excluding hydrogens is 416 g/mol. The molecule has 1 amide bonds. The third-order valence-electron chi connectivity index (χ3n) is 6.77. The number of aliphatic hydroxyl groups excluding tert-OH is 1. The minimum absolute atomic E-state index is 0.0873. The molecule has 2 N–H and O–H groups in total. The summed E-state index contributed by atoms with van der Waals surface area (Å²) in [5, 5.41) is 14.0. The normalized spacial score (nSPS) is 23.4. The molecule has 33 heavy (non-hydrogen) atoms. The highest BCUT2D eigenvalue weighted by Gasteiger charge is 2.50. The topological polar surface area (TPSA) is 78.9 Å². The van der Waals surface area contributed by atoms with E-state index in [9.17, 15) is 14.7 Å². The molecule has 0 aromatic heterocycles. The van der Waals surface area contributed by atoms with Gasteiger partial charge < -0.3 is 15.2 Å². The highest BCUT2D eigenvalue weighted by Crippen LogP contribution is 2.38. The lowest BCUT2D eigenvalue weighted by Gasteiger charge is -2.39. The standard InChI is InChI=1S/C27H44N2O4/c1-8-20(9-2)15-23(28-19(4)31)25-22(18(3)30)16-24(26(32)33-27(5,6)7)29(25)17-21-13-11-10-12-14-21/h10-14,18,20,22-25,30H,8-9,15-17H2,1-7H3,(H,28,31)/t18-,22-,23-,24+,25+/m0/s1. The third kappa shape index (κ3) is 7.82. The van der Waals surface area contributed by atoms with Crippen molar-refractivity contribution in [1.29, 1.82) is 0 Å². The molecular formula is C27H44N2O4. The Hall–Kier alpha value is -1.92. The monoisotopic (exact) mass is 460 g/mol. The Morgan fingerprint density at radius 1 is 1.18 bits per heavy atom. The van der Waals surface area contributed by atoms with E-state index in [1.54, 1.807) is 13.8 Å². The molecule has 0 bridgehead atoms. The smallest absolute Gasteiger partial charge is 0.323 e. The summed E-state index contributed by atoms with van der Waals surface area (Å²) >= 11 is 0. The van der Waals surface area contributed by atoms with Crippen LogP contribution in [-0.2, 0) is 20.9 Å². The van der Waals surface area contributed by atoms with Gasteiger partial charge in [-0.15, -0.1) is 0 Å². The van der Waals surface area contributed by atoms with E-state index in [-0.39, 0.29) is 29.9 Å². The fraction of sp³-hybridized carbons (Fsp3) is 0.704. The molecule has 0 radical (unpaired) electrons. The van der Waals surface area contributed by atoms with E-state index in [1.165, 1.54) is 0 Å². The number of hydrogen-bond acceptors (Lipinski definition) is 5. The lowest BCUT2D eigenvalue weighted by molar-refractivity contribution is -0.161. The van der Waals surface area contributed by atoms with Crippen LogP contribution in [0.15, 0.2) is 30.3 Å². The van der Waals surface area contributed by atoms with Crippen molar-refractivity contribution in [2.45, 2.75) is 111 Å². The van der Waals surface area contributed by atoms with Gasteiger partial charge in [0.1, 0.15) is 11.6 Å². The molecule has 6 nitrogen and oxygen atoms in total. The molecule has 1 aromatic carbocycles. The van der Waals surface area contributed by atoms with E-state index in [4.69, 9.17) is 4.74 Å². The summed E-state index contributed by atoms with van der Waals surface area (Å²) in [6, 6.07) is 9.24. The number of carbonyl (C=O) groups is 2. The number of aliphatic hydroxyl groups is 1. The summed E-state index contributed by atoms with van der Waals surface area (Å²) in [6.45, 7) is 13.8. The maximum atomic E-state index is 13.3. The van der Waals surface area contributed by atoms with Crippen LogP contribution in [0.2, 0.25) is 0 Å². The number of ether oxygens (including phenoxy) is 1. The Kier molecular flexibility index (Phi) is 9.92. The van der Waals surface area contributed by atoms with Gasteiger partial charge in [0.15, 0.2) is 0 Å². The molecule has 1 heterocycles.